The summed E-state index contributed by atoms with van der Waals surface area (Å²) in [6, 6.07) is 17.5. The van der Waals surface area contributed by atoms with Crippen molar-refractivity contribution >= 4 is 27.2 Å². The second kappa shape index (κ2) is 3.77. The zero-order valence-electron chi connectivity index (χ0n) is 10.1. The highest BCUT2D eigenvalue weighted by Crippen LogP contribution is 2.28. The number of nitrogens with one attached hydrogen (secondary N) is 1. The lowest BCUT2D eigenvalue weighted by atomic mass is 10.0. The number of anilines is 1. The first kappa shape index (κ1) is 10.2. The van der Waals surface area contributed by atoms with Crippen LogP contribution in [0.4, 0.5) is 5.69 Å². The summed E-state index contributed by atoms with van der Waals surface area (Å²) in [6.07, 6.45) is 0. The third-order valence-corrected chi connectivity index (χ3v) is 3.26. The first-order valence-electron chi connectivity index (χ1n) is 5.89. The van der Waals surface area contributed by atoms with Crippen molar-refractivity contribution in [2.45, 2.75) is 6.92 Å². The molecule has 0 aromatic heterocycles. The normalized spacial score (nSPS) is 10.9. The standard InChI is InChI=1S/C16H15N/c1-11-6-7-12-9-13-4-3-5-16(17-2)15(13)10-14(12)8-11/h3-10,17H,1-2H3. The number of fused-ring (bicyclic) bond motifs is 2. The van der Waals surface area contributed by atoms with Gasteiger partial charge in [-0.3, -0.25) is 0 Å². The lowest BCUT2D eigenvalue weighted by Crippen LogP contribution is -1.89. The van der Waals surface area contributed by atoms with Crippen LogP contribution in [-0.2, 0) is 0 Å². The third kappa shape index (κ3) is 1.64. The lowest BCUT2D eigenvalue weighted by Gasteiger charge is -2.08. The smallest absolute Gasteiger partial charge is 0.0417 e. The monoisotopic (exact) mass is 221 g/mol. The fourth-order valence-electron chi connectivity index (χ4n) is 2.36. The zero-order chi connectivity index (χ0) is 11.8. The maximum atomic E-state index is 3.25. The summed E-state index contributed by atoms with van der Waals surface area (Å²) in [5.74, 6) is 0. The molecule has 1 nitrogen and oxygen atoms in total. The van der Waals surface area contributed by atoms with Gasteiger partial charge in [0.2, 0.25) is 0 Å². The molecule has 3 aromatic carbocycles. The molecule has 0 bridgehead atoms. The molecule has 0 aliphatic rings. The van der Waals surface area contributed by atoms with Crippen molar-refractivity contribution < 1.29 is 0 Å². The Morgan fingerprint density at radius 2 is 1.71 bits per heavy atom. The molecule has 3 rings (SSSR count). The topological polar surface area (TPSA) is 12.0 Å². The maximum absolute atomic E-state index is 3.25. The Morgan fingerprint density at radius 1 is 0.824 bits per heavy atom. The van der Waals surface area contributed by atoms with E-state index >= 15 is 0 Å². The van der Waals surface area contributed by atoms with Crippen molar-refractivity contribution in [3.8, 4) is 0 Å². The Labute approximate surface area is 101 Å². The zero-order valence-corrected chi connectivity index (χ0v) is 10.1. The maximum Gasteiger partial charge on any atom is 0.0417 e. The van der Waals surface area contributed by atoms with Crippen molar-refractivity contribution in [3.05, 3.63) is 54.1 Å². The fraction of sp³-hybridized carbons (Fsp3) is 0.125. The van der Waals surface area contributed by atoms with Crippen LogP contribution in [0.1, 0.15) is 5.56 Å². The van der Waals surface area contributed by atoms with E-state index in [2.05, 4.69) is 60.8 Å². The quantitative estimate of drug-likeness (QED) is 0.603. The van der Waals surface area contributed by atoms with Crippen LogP contribution in [-0.4, -0.2) is 7.05 Å². The SMILES string of the molecule is CNc1cccc2cc3ccc(C)cc3cc12. The average Bonchev–Trinajstić information content (AvgIpc) is 2.35. The summed E-state index contributed by atoms with van der Waals surface area (Å²) in [7, 11) is 1.97. The summed E-state index contributed by atoms with van der Waals surface area (Å²) >= 11 is 0. The summed E-state index contributed by atoms with van der Waals surface area (Å²) in [6.45, 7) is 2.13. The minimum atomic E-state index is 1.19. The van der Waals surface area contributed by atoms with E-state index in [4.69, 9.17) is 0 Å². The van der Waals surface area contributed by atoms with Crippen molar-refractivity contribution in [1.82, 2.24) is 0 Å². The second-order valence-corrected chi connectivity index (χ2v) is 4.48. The molecule has 0 unspecified atom stereocenters. The van der Waals surface area contributed by atoms with Gasteiger partial charge in [0.25, 0.3) is 0 Å². The van der Waals surface area contributed by atoms with Gasteiger partial charge in [0.1, 0.15) is 0 Å². The van der Waals surface area contributed by atoms with Crippen LogP contribution in [0.15, 0.2) is 48.5 Å². The molecule has 0 spiro atoms. The summed E-state index contributed by atoms with van der Waals surface area (Å²) in [4.78, 5) is 0. The van der Waals surface area contributed by atoms with Crippen LogP contribution < -0.4 is 5.32 Å². The number of hydrogen-bond donors (Lipinski definition) is 1. The van der Waals surface area contributed by atoms with E-state index < -0.39 is 0 Å². The van der Waals surface area contributed by atoms with E-state index in [-0.39, 0.29) is 0 Å². The van der Waals surface area contributed by atoms with Gasteiger partial charge >= 0.3 is 0 Å². The largest absolute Gasteiger partial charge is 0.388 e. The van der Waals surface area contributed by atoms with Gasteiger partial charge in [-0.05, 0) is 41.3 Å². The number of benzene rings is 3. The lowest BCUT2D eigenvalue weighted by molar-refractivity contribution is 1.51. The van der Waals surface area contributed by atoms with Crippen molar-refractivity contribution in [2.24, 2.45) is 0 Å². The molecule has 0 aliphatic carbocycles. The predicted octanol–water partition coefficient (Wildman–Crippen LogP) is 4.34. The van der Waals surface area contributed by atoms with Crippen LogP contribution in [0.5, 0.6) is 0 Å². The minimum absolute atomic E-state index is 1.19. The van der Waals surface area contributed by atoms with Gasteiger partial charge in [0.05, 0.1) is 0 Å². The molecule has 84 valence electrons. The van der Waals surface area contributed by atoms with Gasteiger partial charge in [-0.25, -0.2) is 0 Å². The van der Waals surface area contributed by atoms with Crippen LogP contribution in [0.2, 0.25) is 0 Å². The van der Waals surface area contributed by atoms with E-state index in [1.807, 2.05) is 7.05 Å². The van der Waals surface area contributed by atoms with Crippen LogP contribution >= 0.6 is 0 Å². The highest BCUT2D eigenvalue weighted by atomic mass is 14.8. The molecule has 1 heteroatoms. The second-order valence-electron chi connectivity index (χ2n) is 4.48. The molecule has 0 fully saturated rings. The summed E-state index contributed by atoms with van der Waals surface area (Å²) in [5.41, 5.74) is 2.49. The van der Waals surface area contributed by atoms with Crippen LogP contribution in [0.25, 0.3) is 21.5 Å². The molecule has 0 amide bonds. The fourth-order valence-corrected chi connectivity index (χ4v) is 2.36. The van der Waals surface area contributed by atoms with Crippen LogP contribution in [0.3, 0.4) is 0 Å². The Kier molecular flexibility index (Phi) is 2.25. The highest BCUT2D eigenvalue weighted by Gasteiger charge is 2.01. The van der Waals surface area contributed by atoms with Crippen molar-refractivity contribution in [1.29, 1.82) is 0 Å². The molecule has 0 heterocycles. The number of aryl methyl sites for hydroxylation is 1. The molecule has 0 radical (unpaired) electrons. The predicted molar refractivity (Wildman–Crippen MR) is 75.7 cm³/mol. The van der Waals surface area contributed by atoms with Gasteiger partial charge in [-0.15, -0.1) is 0 Å². The summed E-state index contributed by atoms with van der Waals surface area (Å²) < 4.78 is 0. The van der Waals surface area contributed by atoms with E-state index in [9.17, 15) is 0 Å². The van der Waals surface area contributed by atoms with Gasteiger partial charge in [-0.1, -0.05) is 35.9 Å². The number of hydrogen-bond acceptors (Lipinski definition) is 1. The Morgan fingerprint density at radius 3 is 2.53 bits per heavy atom. The van der Waals surface area contributed by atoms with E-state index in [1.54, 1.807) is 0 Å². The molecule has 0 saturated heterocycles. The first-order chi connectivity index (χ1) is 8.28. The first-order valence-corrected chi connectivity index (χ1v) is 5.89. The average molecular weight is 221 g/mol. The van der Waals surface area contributed by atoms with E-state index in [0.29, 0.717) is 0 Å². The molecular formula is C16H15N. The van der Waals surface area contributed by atoms with Gasteiger partial charge < -0.3 is 5.32 Å². The van der Waals surface area contributed by atoms with Gasteiger partial charge in [0.15, 0.2) is 0 Å². The van der Waals surface area contributed by atoms with Crippen molar-refractivity contribution in [3.63, 3.8) is 0 Å². The van der Waals surface area contributed by atoms with Gasteiger partial charge in [0, 0.05) is 18.1 Å². The van der Waals surface area contributed by atoms with E-state index in [0.717, 1.165) is 0 Å². The Balaban J connectivity index is 2.44. The minimum Gasteiger partial charge on any atom is -0.388 e. The third-order valence-electron chi connectivity index (χ3n) is 3.26. The Hall–Kier alpha value is -2.02. The van der Waals surface area contributed by atoms with Crippen molar-refractivity contribution in [2.75, 3.05) is 12.4 Å². The van der Waals surface area contributed by atoms with Gasteiger partial charge in [-0.2, -0.15) is 0 Å². The molecule has 0 aliphatic heterocycles. The molecular weight excluding hydrogens is 206 g/mol. The molecule has 1 N–H and O–H groups in total. The molecule has 3 aromatic rings. The molecule has 0 saturated carbocycles. The number of rotatable bonds is 1. The van der Waals surface area contributed by atoms with Crippen LogP contribution in [0, 0.1) is 6.92 Å². The summed E-state index contributed by atoms with van der Waals surface area (Å²) in [5, 5.41) is 8.43. The Bertz CT molecular complexity index is 698. The molecule has 0 atom stereocenters. The highest BCUT2D eigenvalue weighted by molar-refractivity contribution is 6.03. The molecule has 17 heavy (non-hydrogen) atoms. The van der Waals surface area contributed by atoms with E-state index in [1.165, 1.54) is 32.8 Å².